The van der Waals surface area contributed by atoms with E-state index in [1.54, 1.807) is 12.1 Å². The van der Waals surface area contributed by atoms with Gasteiger partial charge in [0.05, 0.1) is 0 Å². The monoisotopic (exact) mass is 366 g/mol. The van der Waals surface area contributed by atoms with E-state index in [-0.39, 0.29) is 16.6 Å². The summed E-state index contributed by atoms with van der Waals surface area (Å²) in [6.45, 7) is 10.9. The summed E-state index contributed by atoms with van der Waals surface area (Å²) in [5.41, 5.74) is 0.177. The third kappa shape index (κ3) is 5.16. The fraction of sp³-hybridized carbons (Fsp3) is 0.429. The molecule has 0 unspecified atom stereocenters. The molecule has 2 aromatic carbocycles. The molecular weight excluding hydrogens is 341 g/mol. The summed E-state index contributed by atoms with van der Waals surface area (Å²) >= 11 is 0. The first kappa shape index (κ1) is 20.1. The molecule has 0 aliphatic carbocycles. The average Bonchev–Trinajstić information content (AvgIpc) is 2.46. The van der Waals surface area contributed by atoms with Crippen molar-refractivity contribution in [2.45, 2.75) is 52.6 Å². The van der Waals surface area contributed by atoms with E-state index in [0.29, 0.717) is 5.75 Å². The van der Waals surface area contributed by atoms with Crippen molar-refractivity contribution in [2.75, 3.05) is 0 Å². The lowest BCUT2D eigenvalue weighted by atomic mass is 9.72. The van der Waals surface area contributed by atoms with Crippen LogP contribution in [-0.2, 0) is 11.6 Å². The largest absolute Gasteiger partial charge is 0.507 e. The normalized spacial score (nSPS) is 12.9. The molecule has 0 radical (unpaired) electrons. The second-order valence-corrected chi connectivity index (χ2v) is 8.42. The molecule has 26 heavy (non-hydrogen) atoms. The summed E-state index contributed by atoms with van der Waals surface area (Å²) in [5, 5.41) is 9.38. The van der Waals surface area contributed by atoms with Crippen molar-refractivity contribution in [3.8, 4) is 17.2 Å². The maximum atomic E-state index is 12.9. The number of alkyl halides is 3. The number of ether oxygens (including phenoxy) is 1. The molecule has 0 atom stereocenters. The van der Waals surface area contributed by atoms with Gasteiger partial charge in [-0.1, -0.05) is 46.8 Å². The summed E-state index contributed by atoms with van der Waals surface area (Å²) in [5.74, 6) is -0.347. The zero-order valence-electron chi connectivity index (χ0n) is 15.7. The standard InChI is InChI=1S/C21H25F3O2/c1-19(2,3)13-20(4,5)14-6-8-15(9-7-14)26-16-10-11-18(25)17(12-16)21(22,23)24/h6-12,25H,13H2,1-5H3. The number of rotatable bonds is 4. The summed E-state index contributed by atoms with van der Waals surface area (Å²) in [6.07, 6.45) is -3.64. The van der Waals surface area contributed by atoms with Gasteiger partial charge in [-0.2, -0.15) is 13.2 Å². The fourth-order valence-corrected chi connectivity index (χ4v) is 3.34. The molecule has 0 aliphatic rings. The SMILES string of the molecule is CC(C)(C)CC(C)(C)c1ccc(Oc2ccc(O)c(C(F)(F)F)c2)cc1. The Bertz CT molecular complexity index is 754. The molecule has 5 heteroatoms. The van der Waals surface area contributed by atoms with Crippen molar-refractivity contribution < 1.29 is 23.0 Å². The molecule has 0 amide bonds. The summed E-state index contributed by atoms with van der Waals surface area (Å²) < 4.78 is 44.1. The number of hydrogen-bond acceptors (Lipinski definition) is 2. The number of phenols is 1. The zero-order chi connectivity index (χ0) is 19.8. The first-order chi connectivity index (χ1) is 11.8. The molecular formula is C21H25F3O2. The van der Waals surface area contributed by atoms with E-state index in [0.717, 1.165) is 24.1 Å². The van der Waals surface area contributed by atoms with Crippen LogP contribution in [0.2, 0.25) is 0 Å². The Kier molecular flexibility index (Phi) is 5.31. The van der Waals surface area contributed by atoms with Crippen LogP contribution in [0.15, 0.2) is 42.5 Å². The van der Waals surface area contributed by atoms with Crippen molar-refractivity contribution in [3.05, 3.63) is 53.6 Å². The molecule has 0 spiro atoms. The Morgan fingerprint density at radius 1 is 0.846 bits per heavy atom. The van der Waals surface area contributed by atoms with E-state index >= 15 is 0 Å². The van der Waals surface area contributed by atoms with E-state index in [4.69, 9.17) is 4.74 Å². The van der Waals surface area contributed by atoms with Gasteiger partial charge in [0.15, 0.2) is 0 Å². The van der Waals surface area contributed by atoms with E-state index < -0.39 is 17.5 Å². The first-order valence-electron chi connectivity index (χ1n) is 8.47. The van der Waals surface area contributed by atoms with Crippen molar-refractivity contribution >= 4 is 0 Å². The van der Waals surface area contributed by atoms with Gasteiger partial charge < -0.3 is 9.84 Å². The van der Waals surface area contributed by atoms with E-state index in [2.05, 4.69) is 34.6 Å². The van der Waals surface area contributed by atoms with E-state index in [9.17, 15) is 18.3 Å². The fourth-order valence-electron chi connectivity index (χ4n) is 3.34. The Morgan fingerprint density at radius 3 is 1.88 bits per heavy atom. The first-order valence-corrected chi connectivity index (χ1v) is 8.47. The highest BCUT2D eigenvalue weighted by Gasteiger charge is 2.34. The van der Waals surface area contributed by atoms with Crippen LogP contribution in [0.3, 0.4) is 0 Å². The van der Waals surface area contributed by atoms with Crippen molar-refractivity contribution in [3.63, 3.8) is 0 Å². The van der Waals surface area contributed by atoms with Crippen LogP contribution in [0.5, 0.6) is 17.2 Å². The molecule has 142 valence electrons. The van der Waals surface area contributed by atoms with Crippen LogP contribution in [0.4, 0.5) is 13.2 Å². The lowest BCUT2D eigenvalue weighted by molar-refractivity contribution is -0.138. The second kappa shape index (κ2) is 6.86. The predicted molar refractivity (Wildman–Crippen MR) is 96.7 cm³/mol. The van der Waals surface area contributed by atoms with Gasteiger partial charge in [-0.25, -0.2) is 0 Å². The lowest BCUT2D eigenvalue weighted by Crippen LogP contribution is -2.24. The van der Waals surface area contributed by atoms with Crippen LogP contribution in [0, 0.1) is 5.41 Å². The highest BCUT2D eigenvalue weighted by molar-refractivity contribution is 5.43. The van der Waals surface area contributed by atoms with Gasteiger partial charge in [0.25, 0.3) is 0 Å². The van der Waals surface area contributed by atoms with Gasteiger partial charge in [0.1, 0.15) is 22.8 Å². The summed E-state index contributed by atoms with van der Waals surface area (Å²) in [6, 6.07) is 10.5. The third-order valence-corrected chi connectivity index (χ3v) is 4.12. The molecule has 0 fully saturated rings. The molecule has 0 bridgehead atoms. The quantitative estimate of drug-likeness (QED) is 0.636. The van der Waals surface area contributed by atoms with Crippen LogP contribution >= 0.6 is 0 Å². The predicted octanol–water partition coefficient (Wildman–Crippen LogP) is 6.92. The van der Waals surface area contributed by atoms with Crippen molar-refractivity contribution in [1.82, 2.24) is 0 Å². The van der Waals surface area contributed by atoms with E-state index in [1.165, 1.54) is 6.07 Å². The molecule has 0 saturated carbocycles. The van der Waals surface area contributed by atoms with Crippen LogP contribution in [0.25, 0.3) is 0 Å². The molecule has 0 aromatic heterocycles. The highest BCUT2D eigenvalue weighted by atomic mass is 19.4. The van der Waals surface area contributed by atoms with Crippen molar-refractivity contribution in [1.29, 1.82) is 0 Å². The minimum atomic E-state index is -4.63. The van der Waals surface area contributed by atoms with Gasteiger partial charge >= 0.3 is 6.18 Å². The Labute approximate surface area is 152 Å². The molecule has 2 rings (SSSR count). The molecule has 0 heterocycles. The number of hydrogen-bond donors (Lipinski definition) is 1. The third-order valence-electron chi connectivity index (χ3n) is 4.12. The summed E-state index contributed by atoms with van der Waals surface area (Å²) in [7, 11) is 0. The van der Waals surface area contributed by atoms with Gasteiger partial charge in [-0.15, -0.1) is 0 Å². The number of aromatic hydroxyl groups is 1. The number of halogens is 3. The minimum Gasteiger partial charge on any atom is -0.507 e. The second-order valence-electron chi connectivity index (χ2n) is 8.42. The number of phenolic OH excluding ortho intramolecular Hbond substituents is 1. The summed E-state index contributed by atoms with van der Waals surface area (Å²) in [4.78, 5) is 0. The smallest absolute Gasteiger partial charge is 0.420 e. The Hall–Kier alpha value is -2.17. The minimum absolute atomic E-state index is 0.0248. The maximum Gasteiger partial charge on any atom is 0.420 e. The van der Waals surface area contributed by atoms with Crippen LogP contribution in [-0.4, -0.2) is 5.11 Å². The van der Waals surface area contributed by atoms with Crippen LogP contribution < -0.4 is 4.74 Å². The molecule has 1 N–H and O–H groups in total. The topological polar surface area (TPSA) is 29.5 Å². The van der Waals surface area contributed by atoms with Crippen molar-refractivity contribution in [2.24, 2.45) is 5.41 Å². The van der Waals surface area contributed by atoms with E-state index in [1.807, 2.05) is 12.1 Å². The van der Waals surface area contributed by atoms with Gasteiger partial charge in [-0.3, -0.25) is 0 Å². The molecule has 2 aromatic rings. The van der Waals surface area contributed by atoms with Crippen LogP contribution in [0.1, 0.15) is 52.2 Å². The number of benzene rings is 2. The Morgan fingerprint density at radius 2 is 1.38 bits per heavy atom. The average molecular weight is 366 g/mol. The molecule has 0 saturated heterocycles. The van der Waals surface area contributed by atoms with Gasteiger partial charge in [0, 0.05) is 0 Å². The van der Waals surface area contributed by atoms with Gasteiger partial charge in [-0.05, 0) is 53.1 Å². The van der Waals surface area contributed by atoms with Gasteiger partial charge in [0.2, 0.25) is 0 Å². The molecule has 2 nitrogen and oxygen atoms in total. The maximum absolute atomic E-state index is 12.9. The lowest BCUT2D eigenvalue weighted by Gasteiger charge is -2.33. The zero-order valence-corrected chi connectivity index (χ0v) is 15.7. The highest BCUT2D eigenvalue weighted by Crippen LogP contribution is 2.39. The Balaban J connectivity index is 2.20. The molecule has 0 aliphatic heterocycles.